The van der Waals surface area contributed by atoms with E-state index in [2.05, 4.69) is 9.88 Å². The van der Waals surface area contributed by atoms with Crippen LogP contribution in [0.2, 0.25) is 0 Å². The van der Waals surface area contributed by atoms with Crippen LogP contribution in [-0.4, -0.2) is 39.9 Å². The lowest BCUT2D eigenvalue weighted by molar-refractivity contribution is 0.0712. The number of nitrogen functional groups attached to an aromatic ring is 1. The number of carbonyl (C=O) groups excluding carboxylic acids is 1. The van der Waals surface area contributed by atoms with Gasteiger partial charge in [-0.1, -0.05) is 19.3 Å². The Morgan fingerprint density at radius 2 is 1.92 bits per heavy atom. The number of nitrogens with zero attached hydrogens (tertiary/aromatic N) is 2. The largest absolute Gasteiger partial charge is 0.384 e. The minimum atomic E-state index is -0.681. The standard InChI is InChI=1S/C17H26N4O3/c1-2-21-15(18)14(16(23)19-17(21)24)13(22)10-20-8-7-11-5-3-4-6-12(11)9-20/h11-12H,2-10,18H2,1H3,(H,19,23,24). The van der Waals surface area contributed by atoms with Crippen LogP contribution in [0, 0.1) is 11.8 Å². The summed E-state index contributed by atoms with van der Waals surface area (Å²) >= 11 is 0. The van der Waals surface area contributed by atoms with E-state index in [-0.39, 0.29) is 23.7 Å². The molecule has 0 spiro atoms. The lowest BCUT2D eigenvalue weighted by atomic mass is 9.75. The normalized spacial score (nSPS) is 24.5. The number of H-pyrrole nitrogens is 1. The van der Waals surface area contributed by atoms with Crippen LogP contribution in [0.1, 0.15) is 49.4 Å². The third-order valence-corrected chi connectivity index (χ3v) is 5.58. The second-order valence-corrected chi connectivity index (χ2v) is 7.02. The first-order chi connectivity index (χ1) is 11.5. The molecule has 2 unspecified atom stereocenters. The van der Waals surface area contributed by atoms with Gasteiger partial charge in [0.05, 0.1) is 6.54 Å². The van der Waals surface area contributed by atoms with Crippen LogP contribution >= 0.6 is 0 Å². The molecule has 0 amide bonds. The molecule has 24 heavy (non-hydrogen) atoms. The number of likely N-dealkylation sites (tertiary alicyclic amines) is 1. The first-order valence-corrected chi connectivity index (χ1v) is 8.89. The molecule has 1 aromatic rings. The maximum atomic E-state index is 12.6. The lowest BCUT2D eigenvalue weighted by Gasteiger charge is -2.41. The van der Waals surface area contributed by atoms with Gasteiger partial charge in [0.2, 0.25) is 0 Å². The molecule has 7 nitrogen and oxygen atoms in total. The first-order valence-electron chi connectivity index (χ1n) is 8.89. The van der Waals surface area contributed by atoms with Crippen LogP contribution < -0.4 is 17.0 Å². The van der Waals surface area contributed by atoms with Crippen molar-refractivity contribution in [2.24, 2.45) is 11.8 Å². The van der Waals surface area contributed by atoms with E-state index in [0.29, 0.717) is 12.5 Å². The number of hydrogen-bond acceptors (Lipinski definition) is 5. The molecule has 0 bridgehead atoms. The lowest BCUT2D eigenvalue weighted by Crippen LogP contribution is -2.45. The number of rotatable bonds is 4. The molecule has 1 aliphatic heterocycles. The third kappa shape index (κ3) is 3.17. The van der Waals surface area contributed by atoms with Crippen LogP contribution in [0.5, 0.6) is 0 Å². The summed E-state index contributed by atoms with van der Waals surface area (Å²) in [5.41, 5.74) is 4.58. The number of ketones is 1. The van der Waals surface area contributed by atoms with Gasteiger partial charge in [-0.2, -0.15) is 0 Å². The second-order valence-electron chi connectivity index (χ2n) is 7.02. The van der Waals surface area contributed by atoms with Crippen molar-refractivity contribution >= 4 is 11.6 Å². The van der Waals surface area contributed by atoms with Crippen molar-refractivity contribution < 1.29 is 4.79 Å². The molecule has 2 fully saturated rings. The Morgan fingerprint density at radius 3 is 2.62 bits per heavy atom. The van der Waals surface area contributed by atoms with Gasteiger partial charge < -0.3 is 5.73 Å². The molecule has 2 atom stereocenters. The Kier molecular flexibility index (Phi) is 4.89. The molecular formula is C17H26N4O3. The fraction of sp³-hybridized carbons (Fsp3) is 0.706. The van der Waals surface area contributed by atoms with Gasteiger partial charge in [0.15, 0.2) is 5.78 Å². The highest BCUT2D eigenvalue weighted by Crippen LogP contribution is 2.35. The van der Waals surface area contributed by atoms with Gasteiger partial charge >= 0.3 is 5.69 Å². The van der Waals surface area contributed by atoms with E-state index in [1.54, 1.807) is 6.92 Å². The summed E-state index contributed by atoms with van der Waals surface area (Å²) < 4.78 is 1.22. The molecular weight excluding hydrogens is 308 g/mol. The van der Waals surface area contributed by atoms with E-state index < -0.39 is 11.2 Å². The summed E-state index contributed by atoms with van der Waals surface area (Å²) in [5.74, 6) is 1.13. The number of nitrogens with one attached hydrogen (secondary N) is 1. The van der Waals surface area contributed by atoms with Crippen molar-refractivity contribution in [1.29, 1.82) is 0 Å². The number of carbonyl (C=O) groups is 1. The van der Waals surface area contributed by atoms with E-state index in [1.165, 1.54) is 30.3 Å². The highest BCUT2D eigenvalue weighted by molar-refractivity contribution is 6.01. The number of aromatic amines is 1. The van der Waals surface area contributed by atoms with Crippen LogP contribution in [0.15, 0.2) is 9.59 Å². The zero-order valence-corrected chi connectivity index (χ0v) is 14.2. The quantitative estimate of drug-likeness (QED) is 0.794. The Bertz CT molecular complexity index is 736. The van der Waals surface area contributed by atoms with Crippen LogP contribution in [0.3, 0.4) is 0 Å². The fourth-order valence-corrected chi connectivity index (χ4v) is 4.27. The van der Waals surface area contributed by atoms with Crippen LogP contribution in [0.25, 0.3) is 0 Å². The highest BCUT2D eigenvalue weighted by Gasteiger charge is 2.32. The van der Waals surface area contributed by atoms with Gasteiger partial charge in [0.25, 0.3) is 5.56 Å². The van der Waals surface area contributed by atoms with E-state index in [0.717, 1.165) is 25.4 Å². The van der Waals surface area contributed by atoms with Crippen molar-refractivity contribution in [3.63, 3.8) is 0 Å². The Morgan fingerprint density at radius 1 is 1.21 bits per heavy atom. The molecule has 1 saturated carbocycles. The highest BCUT2D eigenvalue weighted by atomic mass is 16.2. The van der Waals surface area contributed by atoms with Crippen molar-refractivity contribution in [1.82, 2.24) is 14.5 Å². The number of aromatic nitrogens is 2. The minimum absolute atomic E-state index is 0.0243. The maximum Gasteiger partial charge on any atom is 0.329 e. The average Bonchev–Trinajstić information content (AvgIpc) is 2.54. The van der Waals surface area contributed by atoms with Crippen LogP contribution in [-0.2, 0) is 6.54 Å². The van der Waals surface area contributed by atoms with E-state index >= 15 is 0 Å². The molecule has 7 heteroatoms. The average molecular weight is 334 g/mol. The van der Waals surface area contributed by atoms with E-state index in [1.807, 2.05) is 0 Å². The van der Waals surface area contributed by atoms with Crippen molar-refractivity contribution in [2.45, 2.75) is 45.6 Å². The van der Waals surface area contributed by atoms with Crippen LogP contribution in [0.4, 0.5) is 5.82 Å². The van der Waals surface area contributed by atoms with E-state index in [4.69, 9.17) is 5.73 Å². The number of nitrogens with two attached hydrogens (primary N) is 1. The summed E-state index contributed by atoms with van der Waals surface area (Å²) in [6, 6.07) is 0. The van der Waals surface area contributed by atoms with Crippen molar-refractivity contribution in [3.8, 4) is 0 Å². The summed E-state index contributed by atoms with van der Waals surface area (Å²) in [6.45, 7) is 4.06. The molecule has 1 aliphatic carbocycles. The van der Waals surface area contributed by atoms with Crippen molar-refractivity contribution in [3.05, 3.63) is 26.4 Å². The number of Topliss-reactive ketones (excluding diaryl/α,β-unsaturated/α-hetero) is 1. The molecule has 1 saturated heterocycles. The summed E-state index contributed by atoms with van der Waals surface area (Å²) in [7, 11) is 0. The second kappa shape index (κ2) is 6.93. The monoisotopic (exact) mass is 334 g/mol. The Balaban J connectivity index is 1.76. The SMILES string of the molecule is CCn1c(N)c(C(=O)CN2CCC3CCCCC3C2)c(=O)[nH]c1=O. The summed E-state index contributed by atoms with van der Waals surface area (Å²) in [6.07, 6.45) is 6.26. The fourth-order valence-electron chi connectivity index (χ4n) is 4.27. The van der Waals surface area contributed by atoms with Gasteiger partial charge in [0, 0.05) is 13.1 Å². The molecule has 3 N–H and O–H groups in total. The van der Waals surface area contributed by atoms with Gasteiger partial charge in [-0.05, 0) is 38.1 Å². The molecule has 2 aliphatic rings. The third-order valence-electron chi connectivity index (χ3n) is 5.58. The van der Waals surface area contributed by atoms with E-state index in [9.17, 15) is 14.4 Å². The zero-order chi connectivity index (χ0) is 17.3. The number of hydrogen-bond donors (Lipinski definition) is 2. The molecule has 0 radical (unpaired) electrons. The molecule has 0 aromatic carbocycles. The van der Waals surface area contributed by atoms with Gasteiger partial charge in [0.1, 0.15) is 11.4 Å². The molecule has 132 valence electrons. The number of anilines is 1. The molecule has 1 aromatic heterocycles. The predicted molar refractivity (Wildman–Crippen MR) is 92.2 cm³/mol. The summed E-state index contributed by atoms with van der Waals surface area (Å²) in [4.78, 5) is 40.7. The topological polar surface area (TPSA) is 101 Å². The Hall–Kier alpha value is -1.89. The molecule has 2 heterocycles. The van der Waals surface area contributed by atoms with Gasteiger partial charge in [-0.25, -0.2) is 4.79 Å². The summed E-state index contributed by atoms with van der Waals surface area (Å²) in [5, 5.41) is 0. The first kappa shape index (κ1) is 17.0. The smallest absolute Gasteiger partial charge is 0.329 e. The predicted octanol–water partition coefficient (Wildman–Crippen LogP) is 0.834. The minimum Gasteiger partial charge on any atom is -0.384 e. The zero-order valence-electron chi connectivity index (χ0n) is 14.2. The Labute approximate surface area is 140 Å². The number of fused-ring (bicyclic) bond motifs is 1. The van der Waals surface area contributed by atoms with Gasteiger partial charge in [-0.3, -0.25) is 24.0 Å². The molecule has 3 rings (SSSR count). The maximum absolute atomic E-state index is 12.6. The van der Waals surface area contributed by atoms with Crippen molar-refractivity contribution in [2.75, 3.05) is 25.4 Å². The number of piperidine rings is 1. The van der Waals surface area contributed by atoms with Gasteiger partial charge in [-0.15, -0.1) is 0 Å².